The van der Waals surface area contributed by atoms with E-state index in [1.165, 1.54) is 23.6 Å². The number of hydrogen-bond acceptors (Lipinski definition) is 3. The Morgan fingerprint density at radius 3 is 2.71 bits per heavy atom. The minimum Gasteiger partial charge on any atom is -0.296 e. The van der Waals surface area contributed by atoms with Crippen LogP contribution in [0.2, 0.25) is 0 Å². The molecule has 1 unspecified atom stereocenters. The average Bonchev–Trinajstić information content (AvgIpc) is 2.82. The second-order valence-electron chi connectivity index (χ2n) is 4.61. The highest BCUT2D eigenvalue weighted by molar-refractivity contribution is 5.21. The molecule has 1 fully saturated rings. The van der Waals surface area contributed by atoms with Crippen LogP contribution in [0.5, 0.6) is 0 Å². The summed E-state index contributed by atoms with van der Waals surface area (Å²) >= 11 is 0. The van der Waals surface area contributed by atoms with Crippen LogP contribution in [0.4, 0.5) is 0 Å². The fourth-order valence-corrected chi connectivity index (χ4v) is 2.53. The molecule has 0 aliphatic heterocycles. The van der Waals surface area contributed by atoms with Crippen molar-refractivity contribution >= 4 is 0 Å². The summed E-state index contributed by atoms with van der Waals surface area (Å²) in [6.45, 7) is 1.97. The highest BCUT2D eigenvalue weighted by Crippen LogP contribution is 2.33. The van der Waals surface area contributed by atoms with Crippen LogP contribution in [-0.4, -0.2) is 9.55 Å². The molecule has 1 heterocycles. The number of rotatable bonds is 2. The molecule has 1 saturated carbocycles. The van der Waals surface area contributed by atoms with E-state index in [1.54, 1.807) is 6.07 Å². The Morgan fingerprint density at radius 1 is 1.47 bits per heavy atom. The van der Waals surface area contributed by atoms with E-state index in [9.17, 15) is 9.59 Å². The highest BCUT2D eigenvalue weighted by Gasteiger charge is 2.23. The number of hydrogen-bond donors (Lipinski definition) is 1. The minimum absolute atomic E-state index is 0.00514. The lowest BCUT2D eigenvalue weighted by atomic mass is 9.99. The predicted octanol–water partition coefficient (Wildman–Crippen LogP) is 1.16. The molecule has 1 N–H and O–H groups in total. The maximum Gasteiger partial charge on any atom is 0.328 e. The van der Waals surface area contributed by atoms with Gasteiger partial charge in [0.05, 0.1) is 0 Å². The molecule has 90 valence electrons. The van der Waals surface area contributed by atoms with Crippen LogP contribution in [0.1, 0.15) is 44.2 Å². The zero-order valence-electron chi connectivity index (χ0n) is 9.77. The van der Waals surface area contributed by atoms with E-state index < -0.39 is 11.2 Å². The van der Waals surface area contributed by atoms with E-state index in [0.717, 1.165) is 12.8 Å². The molecule has 1 aromatic heterocycles. The normalized spacial score (nSPS) is 17.9. The van der Waals surface area contributed by atoms with Gasteiger partial charge in [-0.2, -0.15) is 5.26 Å². The molecular weight excluding hydrogens is 218 g/mol. The van der Waals surface area contributed by atoms with Gasteiger partial charge in [0.25, 0.3) is 5.56 Å². The SMILES string of the molecule is CC(C1CCCC1)n1cc(C#N)c(=O)[nH]c1=O. The van der Waals surface area contributed by atoms with Crippen LogP contribution < -0.4 is 11.2 Å². The molecule has 1 aliphatic rings. The van der Waals surface area contributed by atoms with Crippen LogP contribution in [0, 0.1) is 17.2 Å². The molecule has 1 aliphatic carbocycles. The minimum atomic E-state index is -0.604. The number of aromatic nitrogens is 2. The third-order valence-corrected chi connectivity index (χ3v) is 3.61. The number of aromatic amines is 1. The van der Waals surface area contributed by atoms with Gasteiger partial charge in [0.1, 0.15) is 11.6 Å². The van der Waals surface area contributed by atoms with Crippen molar-refractivity contribution in [3.63, 3.8) is 0 Å². The largest absolute Gasteiger partial charge is 0.328 e. The molecule has 0 amide bonds. The first-order chi connectivity index (χ1) is 8.13. The molecule has 0 bridgehead atoms. The standard InChI is InChI=1S/C12H15N3O2/c1-8(9-4-2-3-5-9)15-7-10(6-13)11(16)14-12(15)17/h7-9H,2-5H2,1H3,(H,14,16,17). The molecule has 1 atom stereocenters. The van der Waals surface area contributed by atoms with E-state index >= 15 is 0 Å². The molecule has 2 rings (SSSR count). The molecule has 0 saturated heterocycles. The van der Waals surface area contributed by atoms with E-state index in [0.29, 0.717) is 5.92 Å². The smallest absolute Gasteiger partial charge is 0.296 e. The fraction of sp³-hybridized carbons (Fsp3) is 0.583. The summed E-state index contributed by atoms with van der Waals surface area (Å²) in [6.07, 6.45) is 5.98. The van der Waals surface area contributed by atoms with Gasteiger partial charge < -0.3 is 0 Å². The van der Waals surface area contributed by atoms with Crippen molar-refractivity contribution in [2.45, 2.75) is 38.6 Å². The molecular formula is C12H15N3O2. The maximum absolute atomic E-state index is 11.7. The zero-order chi connectivity index (χ0) is 12.4. The Hall–Kier alpha value is -1.83. The van der Waals surface area contributed by atoms with Crippen LogP contribution >= 0.6 is 0 Å². The lowest BCUT2D eigenvalue weighted by Crippen LogP contribution is -2.34. The first-order valence-corrected chi connectivity index (χ1v) is 5.89. The van der Waals surface area contributed by atoms with Crippen molar-refractivity contribution < 1.29 is 0 Å². The second-order valence-corrected chi connectivity index (χ2v) is 4.61. The monoisotopic (exact) mass is 233 g/mol. The van der Waals surface area contributed by atoms with Gasteiger partial charge in [0.15, 0.2) is 0 Å². The van der Waals surface area contributed by atoms with Crippen LogP contribution in [0.25, 0.3) is 0 Å². The van der Waals surface area contributed by atoms with Gasteiger partial charge in [-0.05, 0) is 25.7 Å². The van der Waals surface area contributed by atoms with Crippen LogP contribution in [-0.2, 0) is 0 Å². The molecule has 5 heteroatoms. The van der Waals surface area contributed by atoms with E-state index in [2.05, 4.69) is 4.98 Å². The fourth-order valence-electron chi connectivity index (χ4n) is 2.53. The van der Waals surface area contributed by atoms with Crippen molar-refractivity contribution in [3.8, 4) is 6.07 Å². The lowest BCUT2D eigenvalue weighted by molar-refractivity contribution is 0.348. The van der Waals surface area contributed by atoms with E-state index in [4.69, 9.17) is 5.26 Å². The predicted molar refractivity (Wildman–Crippen MR) is 62.7 cm³/mol. The number of nitriles is 1. The van der Waals surface area contributed by atoms with Gasteiger partial charge in [-0.1, -0.05) is 12.8 Å². The third-order valence-electron chi connectivity index (χ3n) is 3.61. The summed E-state index contributed by atoms with van der Waals surface area (Å²) in [5, 5.41) is 8.80. The van der Waals surface area contributed by atoms with Crippen molar-refractivity contribution in [1.29, 1.82) is 5.26 Å². The molecule has 0 aromatic carbocycles. The highest BCUT2D eigenvalue weighted by atomic mass is 16.2. The van der Waals surface area contributed by atoms with Crippen LogP contribution in [0.3, 0.4) is 0 Å². The Labute approximate surface area is 98.7 Å². The molecule has 0 radical (unpaired) electrons. The summed E-state index contributed by atoms with van der Waals surface area (Å²) in [7, 11) is 0. The average molecular weight is 233 g/mol. The quantitative estimate of drug-likeness (QED) is 0.832. The van der Waals surface area contributed by atoms with Gasteiger partial charge in [-0.25, -0.2) is 4.79 Å². The summed E-state index contributed by atoms with van der Waals surface area (Å²) in [4.78, 5) is 25.2. The van der Waals surface area contributed by atoms with Gasteiger partial charge in [-0.15, -0.1) is 0 Å². The van der Waals surface area contributed by atoms with Crippen molar-refractivity contribution in [2.75, 3.05) is 0 Å². The second kappa shape index (κ2) is 4.58. The lowest BCUT2D eigenvalue weighted by Gasteiger charge is -2.20. The Bertz CT molecular complexity index is 558. The van der Waals surface area contributed by atoms with Crippen molar-refractivity contribution in [2.24, 2.45) is 5.92 Å². The summed E-state index contributed by atoms with van der Waals surface area (Å²) in [5.41, 5.74) is -1.03. The first-order valence-electron chi connectivity index (χ1n) is 5.89. The van der Waals surface area contributed by atoms with E-state index in [-0.39, 0.29) is 11.6 Å². The van der Waals surface area contributed by atoms with Crippen LogP contribution in [0.15, 0.2) is 15.8 Å². The van der Waals surface area contributed by atoms with Crippen molar-refractivity contribution in [1.82, 2.24) is 9.55 Å². The number of nitrogens with one attached hydrogen (secondary N) is 1. The molecule has 5 nitrogen and oxygen atoms in total. The Balaban J connectivity index is 2.41. The number of H-pyrrole nitrogens is 1. The number of nitrogens with zero attached hydrogens (tertiary/aromatic N) is 2. The molecule has 0 spiro atoms. The molecule has 17 heavy (non-hydrogen) atoms. The summed E-state index contributed by atoms with van der Waals surface area (Å²) < 4.78 is 1.48. The Kier molecular flexibility index (Phi) is 3.14. The maximum atomic E-state index is 11.7. The van der Waals surface area contributed by atoms with Gasteiger partial charge in [-0.3, -0.25) is 14.3 Å². The van der Waals surface area contributed by atoms with Gasteiger partial charge in [0.2, 0.25) is 0 Å². The molecule has 1 aromatic rings. The van der Waals surface area contributed by atoms with E-state index in [1.807, 2.05) is 6.92 Å². The topological polar surface area (TPSA) is 78.7 Å². The zero-order valence-corrected chi connectivity index (χ0v) is 9.77. The first kappa shape index (κ1) is 11.6. The van der Waals surface area contributed by atoms with Gasteiger partial charge >= 0.3 is 5.69 Å². The van der Waals surface area contributed by atoms with Crippen molar-refractivity contribution in [3.05, 3.63) is 32.6 Å². The summed E-state index contributed by atoms with van der Waals surface area (Å²) in [6, 6.07) is 1.84. The third kappa shape index (κ3) is 2.16. The van der Waals surface area contributed by atoms with Gasteiger partial charge in [0, 0.05) is 12.2 Å². The summed E-state index contributed by atoms with van der Waals surface area (Å²) in [5.74, 6) is 0.463. The Morgan fingerprint density at radius 2 is 2.12 bits per heavy atom.